The summed E-state index contributed by atoms with van der Waals surface area (Å²) >= 11 is 0. The van der Waals surface area contributed by atoms with Crippen molar-refractivity contribution in [3.63, 3.8) is 0 Å². The van der Waals surface area contributed by atoms with E-state index in [0.717, 1.165) is 39.9 Å². The van der Waals surface area contributed by atoms with Gasteiger partial charge < -0.3 is 10.3 Å². The third kappa shape index (κ3) is 3.35. The van der Waals surface area contributed by atoms with Crippen LogP contribution in [0, 0.1) is 0 Å². The lowest BCUT2D eigenvalue weighted by Crippen LogP contribution is -2.19. The van der Waals surface area contributed by atoms with Gasteiger partial charge in [-0.3, -0.25) is 4.79 Å². The molecule has 0 saturated carbocycles. The smallest absolute Gasteiger partial charge is 0.260 e. The van der Waals surface area contributed by atoms with Crippen molar-refractivity contribution in [2.75, 3.05) is 0 Å². The van der Waals surface area contributed by atoms with Gasteiger partial charge >= 0.3 is 0 Å². The lowest BCUT2D eigenvalue weighted by Gasteiger charge is -2.13. The van der Waals surface area contributed by atoms with Crippen molar-refractivity contribution in [2.45, 2.75) is 26.4 Å². The summed E-state index contributed by atoms with van der Waals surface area (Å²) in [5.74, 6) is 0. The van der Waals surface area contributed by atoms with Crippen LogP contribution < -0.4 is 11.3 Å². The summed E-state index contributed by atoms with van der Waals surface area (Å²) in [7, 11) is 0. The van der Waals surface area contributed by atoms with Crippen LogP contribution >= 0.6 is 0 Å². The summed E-state index contributed by atoms with van der Waals surface area (Å²) in [6.07, 6.45) is 2.75. The number of hydrogen-bond donors (Lipinski definition) is 1. The van der Waals surface area contributed by atoms with Crippen molar-refractivity contribution in [1.29, 1.82) is 0 Å². The van der Waals surface area contributed by atoms with Gasteiger partial charge in [0.05, 0.1) is 16.6 Å². The number of nitrogens with two attached hydrogens (primary N) is 1. The lowest BCUT2D eigenvalue weighted by atomic mass is 9.97. The zero-order valence-corrected chi connectivity index (χ0v) is 15.9. The van der Waals surface area contributed by atoms with E-state index in [0.29, 0.717) is 18.5 Å². The summed E-state index contributed by atoms with van der Waals surface area (Å²) < 4.78 is 1.76. The van der Waals surface area contributed by atoms with Crippen molar-refractivity contribution < 1.29 is 0 Å². The zero-order chi connectivity index (χ0) is 19.5. The van der Waals surface area contributed by atoms with E-state index in [-0.39, 0.29) is 5.56 Å². The number of nitrogens with zero attached hydrogens (tertiary/aromatic N) is 2. The largest absolute Gasteiger partial charge is 0.326 e. The third-order valence-corrected chi connectivity index (χ3v) is 4.97. The SMILES string of the molecule is CCCn1ccc2nc(-c3ccc(CN)cc3)c(-c3ccccc3)cc2c1=O. The molecule has 2 aromatic heterocycles. The monoisotopic (exact) mass is 369 g/mol. The number of aromatic nitrogens is 2. The van der Waals surface area contributed by atoms with Crippen molar-refractivity contribution in [3.8, 4) is 22.4 Å². The normalized spacial score (nSPS) is 11.1. The minimum absolute atomic E-state index is 0.00839. The van der Waals surface area contributed by atoms with Crippen LogP contribution in [0.1, 0.15) is 18.9 Å². The van der Waals surface area contributed by atoms with Gasteiger partial charge in [0.2, 0.25) is 0 Å². The standard InChI is InChI=1S/C24H23N3O/c1-2-13-27-14-12-22-21(24(27)28)15-20(18-6-4-3-5-7-18)23(26-22)19-10-8-17(16-25)9-11-19/h3-12,14-15H,2,13,16,25H2,1H3. The first-order chi connectivity index (χ1) is 13.7. The minimum Gasteiger partial charge on any atom is -0.326 e. The van der Waals surface area contributed by atoms with Crippen LogP contribution in [0.3, 0.4) is 0 Å². The van der Waals surface area contributed by atoms with Crippen LogP contribution in [0.25, 0.3) is 33.3 Å². The molecule has 0 aliphatic rings. The summed E-state index contributed by atoms with van der Waals surface area (Å²) in [5, 5.41) is 0.650. The molecule has 4 rings (SSSR count). The number of hydrogen-bond acceptors (Lipinski definition) is 3. The van der Waals surface area contributed by atoms with Crippen molar-refractivity contribution in [1.82, 2.24) is 9.55 Å². The Kier molecular flexibility index (Phi) is 5.04. The third-order valence-electron chi connectivity index (χ3n) is 4.97. The Morgan fingerprint density at radius 3 is 2.39 bits per heavy atom. The van der Waals surface area contributed by atoms with Crippen molar-refractivity contribution in [2.24, 2.45) is 5.73 Å². The fourth-order valence-corrected chi connectivity index (χ4v) is 3.48. The van der Waals surface area contributed by atoms with E-state index >= 15 is 0 Å². The van der Waals surface area contributed by atoms with E-state index in [4.69, 9.17) is 10.7 Å². The highest BCUT2D eigenvalue weighted by molar-refractivity contribution is 5.91. The lowest BCUT2D eigenvalue weighted by molar-refractivity contribution is 0.659. The zero-order valence-electron chi connectivity index (χ0n) is 15.9. The van der Waals surface area contributed by atoms with Gasteiger partial charge in [0.1, 0.15) is 0 Å². The fourth-order valence-electron chi connectivity index (χ4n) is 3.48. The van der Waals surface area contributed by atoms with Gasteiger partial charge in [-0.2, -0.15) is 0 Å². The molecule has 0 unspecified atom stereocenters. The van der Waals surface area contributed by atoms with Gasteiger partial charge in [0.25, 0.3) is 5.56 Å². The molecule has 2 aromatic carbocycles. The van der Waals surface area contributed by atoms with Crippen LogP contribution in [-0.4, -0.2) is 9.55 Å². The van der Waals surface area contributed by atoms with E-state index in [1.165, 1.54) is 0 Å². The highest BCUT2D eigenvalue weighted by Gasteiger charge is 2.14. The molecule has 0 bridgehead atoms. The summed E-state index contributed by atoms with van der Waals surface area (Å²) in [5.41, 5.74) is 11.4. The summed E-state index contributed by atoms with van der Waals surface area (Å²) in [4.78, 5) is 17.8. The molecule has 0 aliphatic carbocycles. The Balaban J connectivity index is 1.99. The van der Waals surface area contributed by atoms with E-state index in [1.54, 1.807) is 4.57 Å². The molecule has 0 radical (unpaired) electrons. The second-order valence-electron chi connectivity index (χ2n) is 6.90. The minimum atomic E-state index is 0.00839. The first kappa shape index (κ1) is 18.1. The molecule has 2 heterocycles. The number of benzene rings is 2. The number of aryl methyl sites for hydroxylation is 1. The van der Waals surface area contributed by atoms with Crippen LogP contribution in [0.15, 0.2) is 77.7 Å². The second kappa shape index (κ2) is 7.79. The molecule has 4 aromatic rings. The van der Waals surface area contributed by atoms with Gasteiger partial charge in [-0.25, -0.2) is 4.98 Å². The quantitative estimate of drug-likeness (QED) is 0.559. The summed E-state index contributed by atoms with van der Waals surface area (Å²) in [6.45, 7) is 3.28. The Morgan fingerprint density at radius 2 is 1.71 bits per heavy atom. The Morgan fingerprint density at radius 1 is 0.964 bits per heavy atom. The average Bonchev–Trinajstić information content (AvgIpc) is 2.76. The topological polar surface area (TPSA) is 60.9 Å². The molecule has 0 aliphatic heterocycles. The predicted octanol–water partition coefficient (Wildman–Crippen LogP) is 4.60. The maximum absolute atomic E-state index is 12.9. The van der Waals surface area contributed by atoms with Crippen LogP contribution in [-0.2, 0) is 13.1 Å². The number of pyridine rings is 2. The molecular formula is C24H23N3O. The first-order valence-corrected chi connectivity index (χ1v) is 9.60. The molecule has 2 N–H and O–H groups in total. The number of fused-ring (bicyclic) bond motifs is 1. The molecule has 4 nitrogen and oxygen atoms in total. The highest BCUT2D eigenvalue weighted by Crippen LogP contribution is 2.32. The fraction of sp³-hybridized carbons (Fsp3) is 0.167. The molecule has 0 fully saturated rings. The molecule has 0 amide bonds. The first-order valence-electron chi connectivity index (χ1n) is 9.60. The van der Waals surface area contributed by atoms with E-state index < -0.39 is 0 Å². The van der Waals surface area contributed by atoms with Crippen LogP contribution in [0.5, 0.6) is 0 Å². The van der Waals surface area contributed by atoms with Gasteiger partial charge in [-0.05, 0) is 29.7 Å². The van der Waals surface area contributed by atoms with Gasteiger partial charge in [-0.15, -0.1) is 0 Å². The van der Waals surface area contributed by atoms with Crippen molar-refractivity contribution >= 4 is 10.9 Å². The number of rotatable bonds is 5. The molecule has 28 heavy (non-hydrogen) atoms. The Labute approximate surface area is 164 Å². The molecular weight excluding hydrogens is 346 g/mol. The van der Waals surface area contributed by atoms with E-state index in [2.05, 4.69) is 6.92 Å². The van der Waals surface area contributed by atoms with Crippen molar-refractivity contribution in [3.05, 3.63) is 88.8 Å². The highest BCUT2D eigenvalue weighted by atomic mass is 16.1. The second-order valence-corrected chi connectivity index (χ2v) is 6.90. The average molecular weight is 369 g/mol. The summed E-state index contributed by atoms with van der Waals surface area (Å²) in [6, 6.07) is 22.1. The van der Waals surface area contributed by atoms with Crippen LogP contribution in [0.4, 0.5) is 0 Å². The van der Waals surface area contributed by atoms with Gasteiger partial charge in [-0.1, -0.05) is 61.5 Å². The van der Waals surface area contributed by atoms with Gasteiger partial charge in [0.15, 0.2) is 0 Å². The van der Waals surface area contributed by atoms with Gasteiger partial charge in [0, 0.05) is 30.4 Å². The Hall–Kier alpha value is -3.24. The molecule has 0 spiro atoms. The molecule has 0 saturated heterocycles. The maximum Gasteiger partial charge on any atom is 0.260 e. The van der Waals surface area contributed by atoms with Crippen LogP contribution in [0.2, 0.25) is 0 Å². The molecule has 140 valence electrons. The molecule has 4 heteroatoms. The molecule has 0 atom stereocenters. The predicted molar refractivity (Wildman–Crippen MR) is 115 cm³/mol. The van der Waals surface area contributed by atoms with E-state index in [9.17, 15) is 4.79 Å². The van der Waals surface area contributed by atoms with E-state index in [1.807, 2.05) is 72.9 Å². The Bertz CT molecular complexity index is 1160. The maximum atomic E-state index is 12.9.